The molecule has 1 aromatic rings. The third kappa shape index (κ3) is 4.86. The second-order valence-corrected chi connectivity index (χ2v) is 7.92. The molecule has 3 rings (SSSR count). The molecule has 2 N–H and O–H groups in total. The number of rotatable bonds is 11. The van der Waals surface area contributed by atoms with Crippen molar-refractivity contribution in [2.24, 2.45) is 11.8 Å². The highest BCUT2D eigenvalue weighted by Gasteiger charge is 2.47. The molecule has 4 unspecified atom stereocenters. The first-order chi connectivity index (χ1) is 12.7. The fraction of sp³-hybridized carbons (Fsp3) is 0.682. The van der Waals surface area contributed by atoms with Crippen LogP contribution in [0.2, 0.25) is 0 Å². The lowest BCUT2D eigenvalue weighted by molar-refractivity contribution is 0.0697. The Bertz CT molecular complexity index is 571. The molecule has 2 aliphatic heterocycles. The topological polar surface area (TPSA) is 58.6 Å². The van der Waals surface area contributed by atoms with Crippen LogP contribution >= 0.6 is 0 Å². The average molecular weight is 360 g/mol. The minimum atomic E-state index is -0.858. The van der Waals surface area contributed by atoms with Crippen LogP contribution in [0.1, 0.15) is 67.8 Å². The zero-order valence-electron chi connectivity index (χ0n) is 16.0. The molecule has 1 aromatic carbocycles. The summed E-state index contributed by atoms with van der Waals surface area (Å²) in [6.07, 6.45) is 10.7. The van der Waals surface area contributed by atoms with E-state index < -0.39 is 5.97 Å². The second-order valence-electron chi connectivity index (χ2n) is 7.92. The van der Waals surface area contributed by atoms with E-state index in [1.807, 2.05) is 12.1 Å². The Kier molecular flexibility index (Phi) is 7.09. The maximum Gasteiger partial charge on any atom is 0.335 e. The Hall–Kier alpha value is -1.39. The summed E-state index contributed by atoms with van der Waals surface area (Å²) in [7, 11) is 0. The highest BCUT2D eigenvalue weighted by atomic mass is 16.5. The van der Waals surface area contributed by atoms with Crippen molar-refractivity contribution in [1.82, 2.24) is 5.32 Å². The van der Waals surface area contributed by atoms with Crippen LogP contribution in [0.3, 0.4) is 0 Å². The van der Waals surface area contributed by atoms with Crippen LogP contribution in [0.4, 0.5) is 0 Å². The molecule has 0 spiro atoms. The monoisotopic (exact) mass is 359 g/mol. The van der Waals surface area contributed by atoms with E-state index in [-0.39, 0.29) is 0 Å². The summed E-state index contributed by atoms with van der Waals surface area (Å²) in [5.74, 6) is 0.414. The molecule has 144 valence electrons. The van der Waals surface area contributed by atoms with Gasteiger partial charge in [-0.3, -0.25) is 0 Å². The maximum atomic E-state index is 11.0. The van der Waals surface area contributed by atoms with E-state index in [2.05, 4.69) is 12.2 Å². The van der Waals surface area contributed by atoms with Crippen LogP contribution in [0.25, 0.3) is 0 Å². The van der Waals surface area contributed by atoms with E-state index in [1.165, 1.54) is 44.1 Å². The van der Waals surface area contributed by atoms with Crippen LogP contribution < -0.4 is 5.32 Å². The predicted octanol–water partition coefficient (Wildman–Crippen LogP) is 4.28. The van der Waals surface area contributed by atoms with Gasteiger partial charge < -0.3 is 15.2 Å². The lowest BCUT2D eigenvalue weighted by Gasteiger charge is -2.28. The molecular formula is C22H33NO3. The van der Waals surface area contributed by atoms with Crippen molar-refractivity contribution in [2.45, 2.75) is 70.5 Å². The average Bonchev–Trinajstić information content (AvgIpc) is 3.25. The third-order valence-corrected chi connectivity index (χ3v) is 6.14. The first-order valence-electron chi connectivity index (χ1n) is 10.4. The summed E-state index contributed by atoms with van der Waals surface area (Å²) in [6.45, 7) is 4.45. The summed E-state index contributed by atoms with van der Waals surface area (Å²) in [5.41, 5.74) is 1.59. The largest absolute Gasteiger partial charge is 0.478 e. The standard InChI is InChI=1S/C22H33NO3/c1-2-3-4-5-14-23-15-19-18(20-12-13-21(19)26-20)11-8-16-6-9-17(10-7-16)22(24)25/h6-7,9-10,18-21,23H,2-5,8,11-15H2,1H3,(H,24,25). The van der Waals surface area contributed by atoms with Gasteiger partial charge in [0.1, 0.15) is 0 Å². The third-order valence-electron chi connectivity index (χ3n) is 6.14. The van der Waals surface area contributed by atoms with E-state index in [0.29, 0.717) is 29.6 Å². The van der Waals surface area contributed by atoms with Crippen LogP contribution in [-0.4, -0.2) is 36.4 Å². The van der Waals surface area contributed by atoms with Gasteiger partial charge in [0.15, 0.2) is 0 Å². The van der Waals surface area contributed by atoms with Crippen molar-refractivity contribution < 1.29 is 14.6 Å². The molecular weight excluding hydrogens is 326 g/mol. The number of nitrogens with one attached hydrogen (secondary N) is 1. The van der Waals surface area contributed by atoms with Gasteiger partial charge in [0.25, 0.3) is 0 Å². The Morgan fingerprint density at radius 1 is 1.12 bits per heavy atom. The molecule has 0 aromatic heterocycles. The van der Waals surface area contributed by atoms with Gasteiger partial charge >= 0.3 is 5.97 Å². The minimum absolute atomic E-state index is 0.363. The molecule has 0 aliphatic carbocycles. The van der Waals surface area contributed by atoms with Crippen molar-refractivity contribution in [1.29, 1.82) is 0 Å². The first-order valence-corrected chi connectivity index (χ1v) is 10.4. The van der Waals surface area contributed by atoms with Gasteiger partial charge in [0, 0.05) is 12.5 Å². The van der Waals surface area contributed by atoms with E-state index in [1.54, 1.807) is 12.1 Å². The molecule has 0 amide bonds. The number of fused-ring (bicyclic) bond motifs is 2. The van der Waals surface area contributed by atoms with Gasteiger partial charge in [-0.2, -0.15) is 0 Å². The fourth-order valence-electron chi connectivity index (χ4n) is 4.65. The van der Waals surface area contributed by atoms with Crippen molar-refractivity contribution >= 4 is 5.97 Å². The van der Waals surface area contributed by atoms with Gasteiger partial charge in [-0.25, -0.2) is 4.79 Å². The number of carbonyl (C=O) groups is 1. The van der Waals surface area contributed by atoms with Crippen LogP contribution in [-0.2, 0) is 11.2 Å². The molecule has 0 radical (unpaired) electrons. The highest BCUT2D eigenvalue weighted by Crippen LogP contribution is 2.45. The Balaban J connectivity index is 1.46. The number of carboxylic acids is 1. The smallest absolute Gasteiger partial charge is 0.335 e. The van der Waals surface area contributed by atoms with Gasteiger partial charge in [0.2, 0.25) is 0 Å². The van der Waals surface area contributed by atoms with E-state index in [4.69, 9.17) is 9.84 Å². The summed E-state index contributed by atoms with van der Waals surface area (Å²) >= 11 is 0. The zero-order valence-corrected chi connectivity index (χ0v) is 16.0. The van der Waals surface area contributed by atoms with E-state index in [9.17, 15) is 4.79 Å². The van der Waals surface area contributed by atoms with Gasteiger partial charge in [-0.1, -0.05) is 38.3 Å². The number of ether oxygens (including phenoxy) is 1. The molecule has 2 saturated heterocycles. The number of aromatic carboxylic acids is 1. The van der Waals surface area contributed by atoms with E-state index in [0.717, 1.165) is 25.9 Å². The second kappa shape index (κ2) is 9.52. The van der Waals surface area contributed by atoms with Crippen LogP contribution in [0.15, 0.2) is 24.3 Å². The number of unbranched alkanes of at least 4 members (excludes halogenated alkanes) is 3. The van der Waals surface area contributed by atoms with E-state index >= 15 is 0 Å². The predicted molar refractivity (Wildman–Crippen MR) is 104 cm³/mol. The molecule has 2 heterocycles. The molecule has 2 fully saturated rings. The van der Waals surface area contributed by atoms with Crippen molar-refractivity contribution in [3.8, 4) is 0 Å². The summed E-state index contributed by atoms with van der Waals surface area (Å²) in [4.78, 5) is 11.0. The lowest BCUT2D eigenvalue weighted by atomic mass is 9.76. The maximum absolute atomic E-state index is 11.0. The number of aryl methyl sites for hydroxylation is 1. The molecule has 4 nitrogen and oxygen atoms in total. The lowest BCUT2D eigenvalue weighted by Crippen LogP contribution is -2.36. The molecule has 4 heteroatoms. The minimum Gasteiger partial charge on any atom is -0.478 e. The normalized spacial score (nSPS) is 27.1. The molecule has 4 atom stereocenters. The molecule has 0 saturated carbocycles. The molecule has 26 heavy (non-hydrogen) atoms. The number of hydrogen-bond donors (Lipinski definition) is 2. The number of hydrogen-bond acceptors (Lipinski definition) is 3. The van der Waals surface area contributed by atoms with Gasteiger partial charge in [-0.15, -0.1) is 0 Å². The quantitative estimate of drug-likeness (QED) is 0.579. The highest BCUT2D eigenvalue weighted by molar-refractivity contribution is 5.87. The Morgan fingerprint density at radius 3 is 2.54 bits per heavy atom. The summed E-state index contributed by atoms with van der Waals surface area (Å²) in [5, 5.41) is 12.7. The van der Waals surface area contributed by atoms with Crippen molar-refractivity contribution in [3.63, 3.8) is 0 Å². The van der Waals surface area contributed by atoms with Crippen molar-refractivity contribution in [3.05, 3.63) is 35.4 Å². The van der Waals surface area contributed by atoms with Gasteiger partial charge in [-0.05, 0) is 62.3 Å². The summed E-state index contributed by atoms with van der Waals surface area (Å²) in [6, 6.07) is 7.34. The fourth-order valence-corrected chi connectivity index (χ4v) is 4.65. The van der Waals surface area contributed by atoms with Crippen LogP contribution in [0.5, 0.6) is 0 Å². The summed E-state index contributed by atoms with van der Waals surface area (Å²) < 4.78 is 6.21. The van der Waals surface area contributed by atoms with Crippen LogP contribution in [0, 0.1) is 11.8 Å². The Labute approximate surface area is 157 Å². The number of carboxylic acid groups (broad SMARTS) is 1. The molecule has 2 bridgehead atoms. The zero-order chi connectivity index (χ0) is 18.4. The SMILES string of the molecule is CCCCCCNCC1C2CCC(O2)C1CCc1ccc(C(=O)O)cc1. The first kappa shape index (κ1) is 19.4. The van der Waals surface area contributed by atoms with Gasteiger partial charge in [0.05, 0.1) is 17.8 Å². The van der Waals surface area contributed by atoms with Crippen molar-refractivity contribution in [2.75, 3.05) is 13.1 Å². The number of benzene rings is 1. The molecule has 2 aliphatic rings. The Morgan fingerprint density at radius 2 is 1.85 bits per heavy atom.